The second kappa shape index (κ2) is 14.3. The third-order valence-electron chi connectivity index (χ3n) is 14.4. The van der Waals surface area contributed by atoms with Gasteiger partial charge in [-0.15, -0.1) is 0 Å². The van der Waals surface area contributed by atoms with Crippen LogP contribution in [0.3, 0.4) is 0 Å². The van der Waals surface area contributed by atoms with Gasteiger partial charge in [-0.1, -0.05) is 158 Å². The highest BCUT2D eigenvalue weighted by Crippen LogP contribution is 2.51. The van der Waals surface area contributed by atoms with E-state index in [1.54, 1.807) is 0 Å². The van der Waals surface area contributed by atoms with E-state index in [4.69, 9.17) is 28.2 Å². The molecule has 0 saturated carbocycles. The predicted octanol–water partition coefficient (Wildman–Crippen LogP) is 16.6. The van der Waals surface area contributed by atoms with Crippen molar-refractivity contribution < 1.29 is 13.3 Å². The molecule has 4 aromatic heterocycles. The van der Waals surface area contributed by atoms with Crippen molar-refractivity contribution in [3.63, 3.8) is 0 Å². The maximum Gasteiger partial charge on any atom is 0.167 e. The maximum absolute atomic E-state index is 7.21. The average Bonchev–Trinajstić information content (AvgIpc) is 4.07. The van der Waals surface area contributed by atoms with Crippen LogP contribution in [0.2, 0.25) is 0 Å². The van der Waals surface area contributed by atoms with Crippen molar-refractivity contribution in [2.24, 2.45) is 0 Å². The molecular formula is C62H37N3O3. The van der Waals surface area contributed by atoms with E-state index in [-0.39, 0.29) is 5.92 Å². The largest absolute Gasteiger partial charge is 0.456 e. The van der Waals surface area contributed by atoms with Crippen LogP contribution in [0, 0.1) is 0 Å². The number of fused-ring (bicyclic) bond motifs is 14. The fourth-order valence-corrected chi connectivity index (χ4v) is 11.4. The minimum absolute atomic E-state index is 0.0181. The van der Waals surface area contributed by atoms with E-state index in [0.29, 0.717) is 17.5 Å². The normalized spacial score (nSPS) is 13.9. The summed E-state index contributed by atoms with van der Waals surface area (Å²) in [4.78, 5) is 16.4. The van der Waals surface area contributed by atoms with Crippen LogP contribution >= 0.6 is 0 Å². The first-order valence-electron chi connectivity index (χ1n) is 23.3. The highest BCUT2D eigenvalue weighted by atomic mass is 16.3. The summed E-state index contributed by atoms with van der Waals surface area (Å²) in [5.74, 6) is 1.55. The number of para-hydroxylation sites is 5. The maximum atomic E-state index is 7.21. The number of benzene rings is 10. The molecule has 15 rings (SSSR count). The van der Waals surface area contributed by atoms with E-state index >= 15 is 0 Å². The average molecular weight is 872 g/mol. The van der Waals surface area contributed by atoms with Crippen molar-refractivity contribution in [2.45, 2.75) is 18.8 Å². The summed E-state index contributed by atoms with van der Waals surface area (Å²) < 4.78 is 20.5. The van der Waals surface area contributed by atoms with Crippen LogP contribution in [0.15, 0.2) is 207 Å². The number of rotatable bonds is 4. The number of nitrogens with zero attached hydrogens (tertiary/aromatic N) is 3. The van der Waals surface area contributed by atoms with Gasteiger partial charge in [-0.05, 0) is 93.0 Å². The molecule has 0 amide bonds. The number of furan rings is 3. The smallest absolute Gasteiger partial charge is 0.167 e. The van der Waals surface area contributed by atoms with Crippen LogP contribution in [0.5, 0.6) is 0 Å². The molecule has 1 unspecified atom stereocenters. The highest BCUT2D eigenvalue weighted by Gasteiger charge is 2.32. The summed E-state index contributed by atoms with van der Waals surface area (Å²) in [6, 6.07) is 68.3. The lowest BCUT2D eigenvalue weighted by atomic mass is 9.81. The minimum Gasteiger partial charge on any atom is -0.456 e. The predicted molar refractivity (Wildman–Crippen MR) is 275 cm³/mol. The van der Waals surface area contributed by atoms with Gasteiger partial charge < -0.3 is 13.3 Å². The van der Waals surface area contributed by atoms with Crippen LogP contribution in [-0.4, -0.2) is 15.0 Å². The van der Waals surface area contributed by atoms with Gasteiger partial charge in [0.05, 0.1) is 11.1 Å². The Bertz CT molecular complexity index is 4290. The first-order valence-corrected chi connectivity index (χ1v) is 23.3. The van der Waals surface area contributed by atoms with Gasteiger partial charge in [-0.2, -0.15) is 0 Å². The van der Waals surface area contributed by atoms with Gasteiger partial charge in [0, 0.05) is 49.4 Å². The Morgan fingerprint density at radius 2 is 0.853 bits per heavy atom. The van der Waals surface area contributed by atoms with Gasteiger partial charge in [-0.3, -0.25) is 0 Å². The molecule has 6 nitrogen and oxygen atoms in total. The molecule has 1 atom stereocenters. The van der Waals surface area contributed by atoms with E-state index < -0.39 is 0 Å². The zero-order valence-electron chi connectivity index (χ0n) is 36.5. The summed E-state index contributed by atoms with van der Waals surface area (Å²) in [6.45, 7) is 0. The quantitative estimate of drug-likeness (QED) is 0.175. The van der Waals surface area contributed by atoms with Gasteiger partial charge in [-0.25, -0.2) is 15.0 Å². The Labute approximate surface area is 388 Å². The Morgan fingerprint density at radius 3 is 1.53 bits per heavy atom. The summed E-state index contributed by atoms with van der Waals surface area (Å²) in [7, 11) is 0. The fourth-order valence-electron chi connectivity index (χ4n) is 11.4. The summed E-state index contributed by atoms with van der Waals surface area (Å²) >= 11 is 0. The number of hydrogen-bond acceptors (Lipinski definition) is 6. The monoisotopic (exact) mass is 871 g/mol. The van der Waals surface area contributed by atoms with Gasteiger partial charge in [0.25, 0.3) is 0 Å². The van der Waals surface area contributed by atoms with Gasteiger partial charge in [0.2, 0.25) is 0 Å². The Hall–Kier alpha value is -8.87. The van der Waals surface area contributed by atoms with Crippen molar-refractivity contribution in [3.8, 4) is 45.3 Å². The van der Waals surface area contributed by atoms with Crippen molar-refractivity contribution in [2.75, 3.05) is 0 Å². The van der Waals surface area contributed by atoms with Gasteiger partial charge in [0.1, 0.15) is 33.5 Å². The number of aromatic nitrogens is 3. The summed E-state index contributed by atoms with van der Waals surface area (Å²) in [5, 5.41) is 10.7. The van der Waals surface area contributed by atoms with Crippen molar-refractivity contribution in [1.29, 1.82) is 0 Å². The zero-order chi connectivity index (χ0) is 44.5. The Kier molecular flexibility index (Phi) is 7.86. The lowest BCUT2D eigenvalue weighted by Gasteiger charge is -2.22. The molecule has 0 fully saturated rings. The molecule has 14 aromatic rings. The van der Waals surface area contributed by atoms with Crippen LogP contribution in [0.1, 0.15) is 29.0 Å². The first kappa shape index (κ1) is 37.4. The molecule has 0 saturated heterocycles. The molecule has 68 heavy (non-hydrogen) atoms. The summed E-state index contributed by atoms with van der Waals surface area (Å²) in [5.41, 5.74) is 13.5. The molecule has 6 heteroatoms. The molecule has 318 valence electrons. The van der Waals surface area contributed by atoms with Crippen molar-refractivity contribution in [3.05, 3.63) is 211 Å². The Morgan fingerprint density at radius 1 is 0.368 bits per heavy atom. The second-order valence-electron chi connectivity index (χ2n) is 18.0. The number of aryl methyl sites for hydroxylation is 1. The highest BCUT2D eigenvalue weighted by molar-refractivity contribution is 6.22. The van der Waals surface area contributed by atoms with Crippen LogP contribution in [0.25, 0.3) is 133 Å². The topological polar surface area (TPSA) is 78.1 Å². The van der Waals surface area contributed by atoms with Gasteiger partial charge >= 0.3 is 0 Å². The Balaban J connectivity index is 1.04. The lowest BCUT2D eigenvalue weighted by molar-refractivity contribution is 0.649. The molecule has 10 aromatic carbocycles. The van der Waals surface area contributed by atoms with Crippen LogP contribution < -0.4 is 0 Å². The van der Waals surface area contributed by atoms with E-state index in [2.05, 4.69) is 140 Å². The molecular weight excluding hydrogens is 835 g/mol. The minimum atomic E-state index is 0.0181. The fraction of sp³-hybridized carbons (Fsp3) is 0.0484. The zero-order valence-corrected chi connectivity index (χ0v) is 36.5. The molecule has 1 aliphatic carbocycles. The third kappa shape index (κ3) is 5.43. The molecule has 0 radical (unpaired) electrons. The van der Waals surface area contributed by atoms with Crippen molar-refractivity contribution >= 4 is 87.4 Å². The van der Waals surface area contributed by atoms with Crippen LogP contribution in [0.4, 0.5) is 0 Å². The SMILES string of the molecule is c1ccc2c(c1)-c1cc3ccccc3cc1CCC2c1c2ccccc2c(-c2nc(-c3cccc4c3oc3ccccc34)nc(-c3cccc4c3oc3ccccc34)n2)c2c1oc1ccccc12. The third-order valence-corrected chi connectivity index (χ3v) is 14.4. The molecule has 0 aliphatic heterocycles. The first-order chi connectivity index (χ1) is 33.7. The lowest BCUT2D eigenvalue weighted by Crippen LogP contribution is -2.06. The van der Waals surface area contributed by atoms with E-state index in [1.807, 2.05) is 54.6 Å². The molecule has 0 N–H and O–H groups in total. The second-order valence-corrected chi connectivity index (χ2v) is 18.0. The van der Waals surface area contributed by atoms with Gasteiger partial charge in [0.15, 0.2) is 17.5 Å². The standard InChI is InChI=1S/C62H37N3O3/c1-2-16-36-34-50-37(33-35(36)15-1)31-32-44(38-17-3-4-18-39(38)50)54-42-21-5-6-22-43(42)56(55-47-23-9-12-30-53(47)68-59(54)55)62-64-60(48-26-13-24-45-40-19-7-10-28-51(40)66-57(45)48)63-61(65-62)49-27-14-25-46-41-20-8-11-29-52(41)67-58(46)49/h1-30,33-34,44H,31-32H2. The van der Waals surface area contributed by atoms with E-state index in [9.17, 15) is 0 Å². The molecule has 0 spiro atoms. The molecule has 4 heterocycles. The van der Waals surface area contributed by atoms with E-state index in [1.165, 1.54) is 38.6 Å². The summed E-state index contributed by atoms with van der Waals surface area (Å²) in [6.07, 6.45) is 1.82. The number of hydrogen-bond donors (Lipinski definition) is 0. The van der Waals surface area contributed by atoms with Crippen LogP contribution in [-0.2, 0) is 6.42 Å². The van der Waals surface area contributed by atoms with Crippen molar-refractivity contribution in [1.82, 2.24) is 15.0 Å². The van der Waals surface area contributed by atoms with E-state index in [0.717, 1.165) is 106 Å². The molecule has 1 aliphatic rings. The molecule has 0 bridgehead atoms.